The van der Waals surface area contributed by atoms with Gasteiger partial charge < -0.3 is 9.64 Å². The van der Waals surface area contributed by atoms with Crippen molar-refractivity contribution in [1.82, 2.24) is 4.98 Å². The molecule has 21 heavy (non-hydrogen) atoms. The molecule has 1 aromatic heterocycles. The van der Waals surface area contributed by atoms with E-state index >= 15 is 0 Å². The van der Waals surface area contributed by atoms with Gasteiger partial charge in [-0.05, 0) is 29.8 Å². The Morgan fingerprint density at radius 3 is 2.62 bits per heavy atom. The topological polar surface area (TPSA) is 49.1 Å². The lowest BCUT2D eigenvalue weighted by Crippen LogP contribution is -2.17. The molecule has 0 aliphatic carbocycles. The van der Waals surface area contributed by atoms with E-state index in [4.69, 9.17) is 10.00 Å². The van der Waals surface area contributed by atoms with Gasteiger partial charge in [0.1, 0.15) is 24.2 Å². The molecule has 0 unspecified atom stereocenters. The molecule has 0 fully saturated rings. The third kappa shape index (κ3) is 4.08. The van der Waals surface area contributed by atoms with E-state index in [2.05, 4.69) is 17.6 Å². The molecule has 0 aliphatic heterocycles. The summed E-state index contributed by atoms with van der Waals surface area (Å²) in [7, 11) is 1.97. The molecule has 4 heteroatoms. The number of nitrogens with zero attached hydrogens (tertiary/aromatic N) is 3. The van der Waals surface area contributed by atoms with Gasteiger partial charge in [0.05, 0.1) is 5.56 Å². The SMILES string of the molecule is C=CCOc1ccc(CN(C)c2ccc(C#N)cn2)cc1. The molecule has 1 heterocycles. The van der Waals surface area contributed by atoms with Gasteiger partial charge >= 0.3 is 0 Å². The highest BCUT2D eigenvalue weighted by Gasteiger charge is 2.04. The predicted molar refractivity (Wildman–Crippen MR) is 83.2 cm³/mol. The molecule has 0 spiro atoms. The average Bonchev–Trinajstić information content (AvgIpc) is 2.54. The van der Waals surface area contributed by atoms with E-state index in [0.29, 0.717) is 12.2 Å². The molecule has 2 rings (SSSR count). The lowest BCUT2D eigenvalue weighted by atomic mass is 10.2. The van der Waals surface area contributed by atoms with Crippen molar-refractivity contribution >= 4 is 5.82 Å². The highest BCUT2D eigenvalue weighted by Crippen LogP contribution is 2.16. The van der Waals surface area contributed by atoms with Gasteiger partial charge in [-0.3, -0.25) is 0 Å². The van der Waals surface area contributed by atoms with Crippen LogP contribution in [-0.4, -0.2) is 18.6 Å². The number of benzene rings is 1. The molecule has 0 radical (unpaired) electrons. The quantitative estimate of drug-likeness (QED) is 0.762. The van der Waals surface area contributed by atoms with Crippen LogP contribution in [0.2, 0.25) is 0 Å². The summed E-state index contributed by atoms with van der Waals surface area (Å²) in [5.74, 6) is 1.67. The third-order valence-corrected chi connectivity index (χ3v) is 2.98. The van der Waals surface area contributed by atoms with E-state index in [-0.39, 0.29) is 0 Å². The maximum atomic E-state index is 8.77. The van der Waals surface area contributed by atoms with E-state index in [1.165, 1.54) is 0 Å². The van der Waals surface area contributed by atoms with Crippen molar-refractivity contribution in [2.45, 2.75) is 6.54 Å². The van der Waals surface area contributed by atoms with E-state index < -0.39 is 0 Å². The van der Waals surface area contributed by atoms with Crippen LogP contribution in [-0.2, 0) is 6.54 Å². The smallest absolute Gasteiger partial charge is 0.128 e. The van der Waals surface area contributed by atoms with Gasteiger partial charge in [-0.25, -0.2) is 4.98 Å². The fourth-order valence-electron chi connectivity index (χ4n) is 1.88. The number of ether oxygens (including phenoxy) is 1. The Bertz CT molecular complexity index is 627. The molecular weight excluding hydrogens is 262 g/mol. The summed E-state index contributed by atoms with van der Waals surface area (Å²) in [6.45, 7) is 4.86. The van der Waals surface area contributed by atoms with Crippen LogP contribution in [0.4, 0.5) is 5.82 Å². The van der Waals surface area contributed by atoms with Gasteiger partial charge in [-0.1, -0.05) is 24.8 Å². The van der Waals surface area contributed by atoms with E-state index in [0.717, 1.165) is 23.7 Å². The number of rotatable bonds is 6. The summed E-state index contributed by atoms with van der Waals surface area (Å²) < 4.78 is 5.45. The van der Waals surface area contributed by atoms with E-state index in [1.807, 2.05) is 42.3 Å². The molecule has 2 aromatic rings. The Labute approximate surface area is 124 Å². The molecule has 0 amide bonds. The van der Waals surface area contributed by atoms with Crippen LogP contribution in [0.5, 0.6) is 5.75 Å². The van der Waals surface area contributed by atoms with E-state index in [1.54, 1.807) is 18.3 Å². The number of nitriles is 1. The Kier molecular flexibility index (Phi) is 4.94. The van der Waals surface area contributed by atoms with Crippen LogP contribution in [0.3, 0.4) is 0 Å². The van der Waals surface area contributed by atoms with Crippen molar-refractivity contribution < 1.29 is 4.74 Å². The molecule has 0 aliphatic rings. The second kappa shape index (κ2) is 7.11. The van der Waals surface area contributed by atoms with Crippen LogP contribution in [0.15, 0.2) is 55.3 Å². The number of hydrogen-bond donors (Lipinski definition) is 0. The molecular formula is C17H17N3O. The highest BCUT2D eigenvalue weighted by atomic mass is 16.5. The minimum atomic E-state index is 0.508. The van der Waals surface area contributed by atoms with E-state index in [9.17, 15) is 0 Å². The Balaban J connectivity index is 1.99. The lowest BCUT2D eigenvalue weighted by Gasteiger charge is -2.18. The van der Waals surface area contributed by atoms with Crippen LogP contribution in [0.1, 0.15) is 11.1 Å². The number of anilines is 1. The van der Waals surface area contributed by atoms with Crippen molar-refractivity contribution in [3.63, 3.8) is 0 Å². The summed E-state index contributed by atoms with van der Waals surface area (Å²) in [5.41, 5.74) is 1.73. The number of pyridine rings is 1. The first-order chi connectivity index (χ1) is 10.2. The molecule has 0 N–H and O–H groups in total. The summed E-state index contributed by atoms with van der Waals surface area (Å²) >= 11 is 0. The van der Waals surface area contributed by atoms with Gasteiger partial charge in [0, 0.05) is 19.8 Å². The molecule has 0 saturated carbocycles. The minimum absolute atomic E-state index is 0.508. The van der Waals surface area contributed by atoms with Gasteiger partial charge in [0.25, 0.3) is 0 Å². The Hall–Kier alpha value is -2.80. The average molecular weight is 279 g/mol. The zero-order valence-corrected chi connectivity index (χ0v) is 12.0. The van der Waals surface area contributed by atoms with Gasteiger partial charge in [-0.2, -0.15) is 5.26 Å². The van der Waals surface area contributed by atoms with Crippen molar-refractivity contribution in [2.24, 2.45) is 0 Å². The van der Waals surface area contributed by atoms with Crippen molar-refractivity contribution in [3.05, 3.63) is 66.4 Å². The standard InChI is InChI=1S/C17H17N3O/c1-3-10-21-16-7-4-14(5-8-16)13-20(2)17-9-6-15(11-18)12-19-17/h3-9,12H,1,10,13H2,2H3. The van der Waals surface area contributed by atoms with Crippen LogP contribution in [0, 0.1) is 11.3 Å². The van der Waals surface area contributed by atoms with Crippen LogP contribution >= 0.6 is 0 Å². The Morgan fingerprint density at radius 2 is 2.05 bits per heavy atom. The summed E-state index contributed by atoms with van der Waals surface area (Å²) in [6, 6.07) is 13.6. The normalized spacial score (nSPS) is 9.71. The fourth-order valence-corrected chi connectivity index (χ4v) is 1.88. The van der Waals surface area contributed by atoms with Crippen LogP contribution in [0.25, 0.3) is 0 Å². The van der Waals surface area contributed by atoms with Gasteiger partial charge in [0.2, 0.25) is 0 Å². The van der Waals surface area contributed by atoms with Crippen molar-refractivity contribution in [3.8, 4) is 11.8 Å². The zero-order chi connectivity index (χ0) is 15.1. The molecule has 106 valence electrons. The van der Waals surface area contributed by atoms with Crippen molar-refractivity contribution in [2.75, 3.05) is 18.6 Å². The van der Waals surface area contributed by atoms with Gasteiger partial charge in [0.15, 0.2) is 0 Å². The Morgan fingerprint density at radius 1 is 1.29 bits per heavy atom. The lowest BCUT2D eigenvalue weighted by molar-refractivity contribution is 0.363. The second-order valence-electron chi connectivity index (χ2n) is 4.62. The monoisotopic (exact) mass is 279 g/mol. The predicted octanol–water partition coefficient (Wildman–Crippen LogP) is 3.15. The first-order valence-electron chi connectivity index (χ1n) is 6.63. The molecule has 0 saturated heterocycles. The largest absolute Gasteiger partial charge is 0.490 e. The molecule has 4 nitrogen and oxygen atoms in total. The molecule has 0 bridgehead atoms. The maximum absolute atomic E-state index is 8.77. The molecule has 0 atom stereocenters. The highest BCUT2D eigenvalue weighted by molar-refractivity contribution is 5.42. The second-order valence-corrected chi connectivity index (χ2v) is 4.62. The minimum Gasteiger partial charge on any atom is -0.490 e. The van der Waals surface area contributed by atoms with Crippen LogP contribution < -0.4 is 9.64 Å². The van der Waals surface area contributed by atoms with Gasteiger partial charge in [-0.15, -0.1) is 0 Å². The fraction of sp³-hybridized carbons (Fsp3) is 0.176. The summed E-state index contributed by atoms with van der Waals surface area (Å²) in [6.07, 6.45) is 3.30. The molecule has 1 aromatic carbocycles. The maximum Gasteiger partial charge on any atom is 0.128 e. The number of aromatic nitrogens is 1. The summed E-state index contributed by atoms with van der Waals surface area (Å²) in [4.78, 5) is 6.30. The third-order valence-electron chi connectivity index (χ3n) is 2.98. The zero-order valence-electron chi connectivity index (χ0n) is 12.0. The summed E-state index contributed by atoms with van der Waals surface area (Å²) in [5, 5.41) is 8.77. The first-order valence-corrected chi connectivity index (χ1v) is 6.63. The van der Waals surface area contributed by atoms with Crippen molar-refractivity contribution in [1.29, 1.82) is 5.26 Å². The number of hydrogen-bond acceptors (Lipinski definition) is 4. The first kappa shape index (κ1) is 14.6.